The Labute approximate surface area is 101 Å². The Hall–Kier alpha value is 0. The first-order valence-electron chi connectivity index (χ1n) is 7.31. The van der Waals surface area contributed by atoms with E-state index >= 15 is 0 Å². The average Bonchev–Trinajstić information content (AvgIpc) is 2.36. The fourth-order valence-electron chi connectivity index (χ4n) is 0.947. The minimum absolute atomic E-state index is 0.955. The lowest BCUT2D eigenvalue weighted by atomic mass is 10.0. The third-order valence-corrected chi connectivity index (χ3v) is 2.00. The van der Waals surface area contributed by atoms with Gasteiger partial charge in [-0.25, -0.2) is 0 Å². The fourth-order valence-corrected chi connectivity index (χ4v) is 0.947. The van der Waals surface area contributed by atoms with Crippen LogP contribution in [0.4, 0.5) is 0 Å². The van der Waals surface area contributed by atoms with Crippen LogP contribution in [0, 0.1) is 5.92 Å². The maximum absolute atomic E-state index is 2.34. The van der Waals surface area contributed by atoms with Crippen molar-refractivity contribution in [1.82, 2.24) is 0 Å². The second-order valence-electron chi connectivity index (χ2n) is 3.01. The largest absolute Gasteiger partial charge is 0.0683 e. The quantitative estimate of drug-likeness (QED) is 0.451. The summed E-state index contributed by atoms with van der Waals surface area (Å²) >= 11 is 0. The zero-order chi connectivity index (χ0) is 13.1. The van der Waals surface area contributed by atoms with Crippen LogP contribution in [-0.4, -0.2) is 0 Å². The van der Waals surface area contributed by atoms with Gasteiger partial charge in [0.25, 0.3) is 0 Å². The van der Waals surface area contributed by atoms with Gasteiger partial charge < -0.3 is 0 Å². The molecule has 0 heterocycles. The Morgan fingerprint density at radius 2 is 1.13 bits per heavy atom. The average molecular weight is 218 g/mol. The van der Waals surface area contributed by atoms with Crippen LogP contribution in [0.3, 0.4) is 0 Å². The fraction of sp³-hybridized carbons (Fsp3) is 1.00. The number of rotatable bonds is 5. The van der Waals surface area contributed by atoms with Crippen molar-refractivity contribution in [3.63, 3.8) is 0 Å². The first-order valence-corrected chi connectivity index (χ1v) is 7.31. The van der Waals surface area contributed by atoms with Gasteiger partial charge in [-0.2, -0.15) is 0 Å². The van der Waals surface area contributed by atoms with E-state index in [1.807, 2.05) is 41.5 Å². The molecule has 0 rings (SSSR count). The lowest BCUT2D eigenvalue weighted by Gasteiger charge is -2.05. The molecule has 1 atom stereocenters. The summed E-state index contributed by atoms with van der Waals surface area (Å²) in [5.74, 6) is 0.955. The summed E-state index contributed by atoms with van der Waals surface area (Å²) in [5, 5.41) is 0. The van der Waals surface area contributed by atoms with Crippen LogP contribution >= 0.6 is 0 Å². The van der Waals surface area contributed by atoms with E-state index < -0.39 is 0 Å². The summed E-state index contributed by atoms with van der Waals surface area (Å²) in [7, 11) is 0. The highest BCUT2D eigenvalue weighted by Crippen LogP contribution is 2.11. The van der Waals surface area contributed by atoms with E-state index in [0.29, 0.717) is 0 Å². The van der Waals surface area contributed by atoms with Gasteiger partial charge in [0.2, 0.25) is 0 Å². The highest BCUT2D eigenvalue weighted by molar-refractivity contribution is 4.49. The van der Waals surface area contributed by atoms with Crippen molar-refractivity contribution in [3.8, 4) is 0 Å². The standard InChI is InChI=1S/C9H20.3C2H6/c1-4-6-7-8-9(3)5-2;3*1-2/h9H,4-8H2,1-3H3;3*1-2H3. The van der Waals surface area contributed by atoms with E-state index in [2.05, 4.69) is 20.8 Å². The molecule has 0 aromatic rings. The molecule has 0 fully saturated rings. The van der Waals surface area contributed by atoms with Gasteiger partial charge in [0, 0.05) is 0 Å². The van der Waals surface area contributed by atoms with E-state index in [1.54, 1.807) is 0 Å². The summed E-state index contributed by atoms with van der Waals surface area (Å²) in [4.78, 5) is 0. The molecule has 15 heavy (non-hydrogen) atoms. The lowest BCUT2D eigenvalue weighted by molar-refractivity contribution is 0.482. The third-order valence-electron chi connectivity index (χ3n) is 2.00. The predicted molar refractivity (Wildman–Crippen MR) is 77.6 cm³/mol. The summed E-state index contributed by atoms with van der Waals surface area (Å²) in [6.45, 7) is 18.9. The van der Waals surface area contributed by atoms with Crippen molar-refractivity contribution >= 4 is 0 Å². The van der Waals surface area contributed by atoms with E-state index in [4.69, 9.17) is 0 Å². The minimum Gasteiger partial charge on any atom is -0.0683 e. The molecule has 0 aliphatic rings. The Bertz CT molecular complexity index is 48.0. The molecule has 0 spiro atoms. The van der Waals surface area contributed by atoms with Crippen LogP contribution in [-0.2, 0) is 0 Å². The van der Waals surface area contributed by atoms with Crippen molar-refractivity contribution in [2.24, 2.45) is 5.92 Å². The van der Waals surface area contributed by atoms with Crippen molar-refractivity contribution in [2.45, 2.75) is 94.4 Å². The molecule has 0 N–H and O–H groups in total. The highest BCUT2D eigenvalue weighted by Gasteiger charge is 1.95. The zero-order valence-corrected chi connectivity index (χ0v) is 13.1. The van der Waals surface area contributed by atoms with Gasteiger partial charge in [-0.05, 0) is 5.92 Å². The van der Waals surface area contributed by atoms with Crippen molar-refractivity contribution in [1.29, 1.82) is 0 Å². The Kier molecular flexibility index (Phi) is 59.9. The Balaban J connectivity index is -0.0000000860. The molecule has 0 aromatic carbocycles. The van der Waals surface area contributed by atoms with Crippen LogP contribution in [0.15, 0.2) is 0 Å². The number of unbranched alkanes of at least 4 members (excludes halogenated alkanes) is 2. The van der Waals surface area contributed by atoms with E-state index in [9.17, 15) is 0 Å². The smallest absolute Gasteiger partial charge is 0.0445 e. The van der Waals surface area contributed by atoms with Crippen LogP contribution in [0.25, 0.3) is 0 Å². The van der Waals surface area contributed by atoms with Crippen molar-refractivity contribution in [3.05, 3.63) is 0 Å². The number of hydrogen-bond donors (Lipinski definition) is 0. The molecule has 0 saturated carbocycles. The molecule has 0 saturated heterocycles. The second kappa shape index (κ2) is 37.0. The Morgan fingerprint density at radius 1 is 0.733 bits per heavy atom. The van der Waals surface area contributed by atoms with Gasteiger partial charge in [-0.3, -0.25) is 0 Å². The second-order valence-corrected chi connectivity index (χ2v) is 3.01. The maximum Gasteiger partial charge on any atom is -0.0445 e. The van der Waals surface area contributed by atoms with Gasteiger partial charge in [0.15, 0.2) is 0 Å². The lowest BCUT2D eigenvalue weighted by Crippen LogP contribution is -1.90. The molecule has 0 aliphatic carbocycles. The van der Waals surface area contributed by atoms with Crippen LogP contribution < -0.4 is 0 Å². The van der Waals surface area contributed by atoms with Crippen LogP contribution in [0.1, 0.15) is 94.4 Å². The Morgan fingerprint density at radius 3 is 1.40 bits per heavy atom. The van der Waals surface area contributed by atoms with Crippen molar-refractivity contribution < 1.29 is 0 Å². The molecule has 0 bridgehead atoms. The summed E-state index contributed by atoms with van der Waals surface area (Å²) in [5.41, 5.74) is 0. The van der Waals surface area contributed by atoms with Crippen molar-refractivity contribution in [2.75, 3.05) is 0 Å². The molecule has 0 nitrogen and oxygen atoms in total. The minimum atomic E-state index is 0.955. The van der Waals surface area contributed by atoms with Crippen LogP contribution in [0.5, 0.6) is 0 Å². The van der Waals surface area contributed by atoms with E-state index in [-0.39, 0.29) is 0 Å². The predicted octanol–water partition coefficient (Wildman–Crippen LogP) is 6.69. The molecule has 0 amide bonds. The van der Waals surface area contributed by atoms with Gasteiger partial charge in [0.05, 0.1) is 0 Å². The zero-order valence-electron chi connectivity index (χ0n) is 13.1. The maximum atomic E-state index is 2.34. The van der Waals surface area contributed by atoms with E-state index in [0.717, 1.165) is 5.92 Å². The topological polar surface area (TPSA) is 0 Å². The van der Waals surface area contributed by atoms with Crippen LogP contribution in [0.2, 0.25) is 0 Å². The molecule has 1 unspecified atom stereocenters. The highest BCUT2D eigenvalue weighted by atomic mass is 14.0. The first kappa shape index (κ1) is 24.3. The molecule has 98 valence electrons. The number of hydrogen-bond acceptors (Lipinski definition) is 0. The molecule has 0 radical (unpaired) electrons. The third kappa shape index (κ3) is 41.1. The summed E-state index contributed by atoms with van der Waals surface area (Å²) < 4.78 is 0. The van der Waals surface area contributed by atoms with Gasteiger partial charge in [0.1, 0.15) is 0 Å². The first-order chi connectivity index (χ1) is 7.31. The normalized spacial score (nSPS) is 9.40. The monoisotopic (exact) mass is 218 g/mol. The summed E-state index contributed by atoms with van der Waals surface area (Å²) in [6.07, 6.45) is 7.00. The summed E-state index contributed by atoms with van der Waals surface area (Å²) in [6, 6.07) is 0. The molecule has 0 aliphatic heterocycles. The molecular weight excluding hydrogens is 180 g/mol. The van der Waals surface area contributed by atoms with E-state index in [1.165, 1.54) is 32.1 Å². The molecule has 0 aromatic heterocycles. The molecular formula is C15H38. The van der Waals surface area contributed by atoms with Gasteiger partial charge in [-0.15, -0.1) is 0 Å². The SMILES string of the molecule is CC.CC.CC.CCCCCC(C)CC. The van der Waals surface area contributed by atoms with Gasteiger partial charge in [-0.1, -0.05) is 94.4 Å². The van der Waals surface area contributed by atoms with Gasteiger partial charge >= 0.3 is 0 Å². The molecule has 0 heteroatoms.